The van der Waals surface area contributed by atoms with Crippen LogP contribution in [0.15, 0.2) is 30.3 Å². The maximum Gasteiger partial charge on any atom is 0.0556 e. The number of aliphatic hydroxyl groups excluding tert-OH is 1. The summed E-state index contributed by atoms with van der Waals surface area (Å²) >= 11 is 0. The molecule has 0 aliphatic carbocycles. The molecule has 0 saturated heterocycles. The summed E-state index contributed by atoms with van der Waals surface area (Å²) in [5.41, 5.74) is 7.04. The molecule has 0 amide bonds. The molecule has 3 nitrogen and oxygen atoms in total. The van der Waals surface area contributed by atoms with Gasteiger partial charge in [-0.3, -0.25) is 0 Å². The molecule has 0 saturated carbocycles. The molecule has 0 spiro atoms. The summed E-state index contributed by atoms with van der Waals surface area (Å²) in [6.07, 6.45) is 1.00. The molecule has 0 fully saturated rings. The van der Waals surface area contributed by atoms with Crippen molar-refractivity contribution in [2.24, 2.45) is 5.73 Å². The molecule has 1 rings (SSSR count). The van der Waals surface area contributed by atoms with E-state index in [1.54, 1.807) is 0 Å². The topological polar surface area (TPSA) is 58.3 Å². The van der Waals surface area contributed by atoms with Gasteiger partial charge in [0, 0.05) is 19.1 Å². The van der Waals surface area contributed by atoms with E-state index in [1.165, 1.54) is 5.56 Å². The van der Waals surface area contributed by atoms with Gasteiger partial charge >= 0.3 is 0 Å². The average molecular weight is 222 g/mol. The SMILES string of the molecule is CC(CC(CN)NCCO)c1ccccc1. The first-order valence-corrected chi connectivity index (χ1v) is 5.87. The van der Waals surface area contributed by atoms with Crippen LogP contribution in [-0.2, 0) is 0 Å². The van der Waals surface area contributed by atoms with Crippen LogP contribution in [0.4, 0.5) is 0 Å². The molecule has 3 heteroatoms. The van der Waals surface area contributed by atoms with Gasteiger partial charge in [0.1, 0.15) is 0 Å². The van der Waals surface area contributed by atoms with Crippen molar-refractivity contribution in [3.63, 3.8) is 0 Å². The predicted octanol–water partition coefficient (Wildman–Crippen LogP) is 1.09. The Morgan fingerprint density at radius 2 is 2.00 bits per heavy atom. The zero-order valence-electron chi connectivity index (χ0n) is 9.89. The molecular weight excluding hydrogens is 200 g/mol. The normalized spacial score (nSPS) is 14.7. The van der Waals surface area contributed by atoms with Gasteiger partial charge in [-0.2, -0.15) is 0 Å². The second-order valence-electron chi connectivity index (χ2n) is 4.16. The quantitative estimate of drug-likeness (QED) is 0.647. The van der Waals surface area contributed by atoms with Crippen LogP contribution in [0.2, 0.25) is 0 Å². The third kappa shape index (κ3) is 4.31. The molecule has 1 aromatic carbocycles. The molecule has 2 unspecified atom stereocenters. The summed E-state index contributed by atoms with van der Waals surface area (Å²) in [7, 11) is 0. The first-order chi connectivity index (χ1) is 7.77. The van der Waals surface area contributed by atoms with Gasteiger partial charge in [0.25, 0.3) is 0 Å². The Morgan fingerprint density at radius 3 is 2.56 bits per heavy atom. The Hall–Kier alpha value is -0.900. The van der Waals surface area contributed by atoms with Crippen molar-refractivity contribution < 1.29 is 5.11 Å². The van der Waals surface area contributed by atoms with Crippen LogP contribution in [-0.4, -0.2) is 30.8 Å². The average Bonchev–Trinajstić information content (AvgIpc) is 2.35. The van der Waals surface area contributed by atoms with Gasteiger partial charge in [0.2, 0.25) is 0 Å². The van der Waals surface area contributed by atoms with E-state index in [1.807, 2.05) is 6.07 Å². The van der Waals surface area contributed by atoms with Gasteiger partial charge in [-0.1, -0.05) is 37.3 Å². The Kier molecular flexibility index (Phi) is 6.08. The fraction of sp³-hybridized carbons (Fsp3) is 0.538. The second-order valence-corrected chi connectivity index (χ2v) is 4.16. The first kappa shape index (κ1) is 13.2. The molecular formula is C13H22N2O. The minimum absolute atomic E-state index is 0.163. The van der Waals surface area contributed by atoms with Gasteiger partial charge < -0.3 is 16.2 Å². The molecule has 16 heavy (non-hydrogen) atoms. The molecule has 2 atom stereocenters. The van der Waals surface area contributed by atoms with Gasteiger partial charge in [-0.25, -0.2) is 0 Å². The molecule has 0 bridgehead atoms. The highest BCUT2D eigenvalue weighted by Crippen LogP contribution is 2.19. The van der Waals surface area contributed by atoms with Crippen molar-refractivity contribution in [2.45, 2.75) is 25.3 Å². The Balaban J connectivity index is 2.45. The van der Waals surface area contributed by atoms with Crippen molar-refractivity contribution in [3.8, 4) is 0 Å². The Labute approximate surface area is 97.7 Å². The maximum atomic E-state index is 8.76. The summed E-state index contributed by atoms with van der Waals surface area (Å²) in [5.74, 6) is 0.487. The number of hydrogen-bond acceptors (Lipinski definition) is 3. The van der Waals surface area contributed by atoms with Crippen LogP contribution in [0.3, 0.4) is 0 Å². The lowest BCUT2D eigenvalue weighted by molar-refractivity contribution is 0.281. The number of nitrogens with one attached hydrogen (secondary N) is 1. The van der Waals surface area contributed by atoms with E-state index in [9.17, 15) is 0 Å². The smallest absolute Gasteiger partial charge is 0.0556 e. The van der Waals surface area contributed by atoms with E-state index in [4.69, 9.17) is 10.8 Å². The Bertz CT molecular complexity index is 277. The van der Waals surface area contributed by atoms with Crippen molar-refractivity contribution in [1.29, 1.82) is 0 Å². The monoisotopic (exact) mass is 222 g/mol. The summed E-state index contributed by atoms with van der Waals surface area (Å²) in [6.45, 7) is 3.59. The minimum atomic E-state index is 0.163. The van der Waals surface area contributed by atoms with Gasteiger partial charge in [0.05, 0.1) is 6.61 Å². The van der Waals surface area contributed by atoms with Crippen molar-refractivity contribution in [1.82, 2.24) is 5.32 Å². The van der Waals surface area contributed by atoms with E-state index in [0.717, 1.165) is 6.42 Å². The van der Waals surface area contributed by atoms with Crippen LogP contribution < -0.4 is 11.1 Å². The molecule has 1 aromatic rings. The van der Waals surface area contributed by atoms with Crippen molar-refractivity contribution in [3.05, 3.63) is 35.9 Å². The largest absolute Gasteiger partial charge is 0.395 e. The van der Waals surface area contributed by atoms with E-state index in [-0.39, 0.29) is 12.6 Å². The van der Waals surface area contributed by atoms with Crippen LogP contribution >= 0.6 is 0 Å². The van der Waals surface area contributed by atoms with Crippen LogP contribution in [0, 0.1) is 0 Å². The predicted molar refractivity (Wildman–Crippen MR) is 67.4 cm³/mol. The first-order valence-electron chi connectivity index (χ1n) is 5.87. The zero-order valence-corrected chi connectivity index (χ0v) is 9.89. The number of aliphatic hydroxyl groups is 1. The van der Waals surface area contributed by atoms with Crippen molar-refractivity contribution >= 4 is 0 Å². The summed E-state index contributed by atoms with van der Waals surface area (Å²) in [6, 6.07) is 10.7. The number of benzene rings is 1. The van der Waals surface area contributed by atoms with Gasteiger partial charge in [-0.05, 0) is 17.9 Å². The lowest BCUT2D eigenvalue weighted by atomic mass is 9.94. The molecule has 0 aromatic heterocycles. The fourth-order valence-electron chi connectivity index (χ4n) is 1.88. The molecule has 4 N–H and O–H groups in total. The number of hydrogen-bond donors (Lipinski definition) is 3. The minimum Gasteiger partial charge on any atom is -0.395 e. The van der Waals surface area contributed by atoms with E-state index in [0.29, 0.717) is 19.0 Å². The third-order valence-electron chi connectivity index (χ3n) is 2.84. The highest BCUT2D eigenvalue weighted by atomic mass is 16.3. The zero-order chi connectivity index (χ0) is 11.8. The summed E-state index contributed by atoms with van der Waals surface area (Å²) < 4.78 is 0. The van der Waals surface area contributed by atoms with Gasteiger partial charge in [-0.15, -0.1) is 0 Å². The number of rotatable bonds is 7. The lowest BCUT2D eigenvalue weighted by Crippen LogP contribution is -2.38. The van der Waals surface area contributed by atoms with Crippen LogP contribution in [0.5, 0.6) is 0 Å². The Morgan fingerprint density at radius 1 is 1.31 bits per heavy atom. The molecule has 0 radical (unpaired) electrons. The summed E-state index contributed by atoms with van der Waals surface area (Å²) in [5, 5.41) is 12.0. The molecule has 0 aliphatic heterocycles. The second kappa shape index (κ2) is 7.39. The molecule has 0 heterocycles. The molecule has 0 aliphatic rings. The van der Waals surface area contributed by atoms with E-state index in [2.05, 4.69) is 36.5 Å². The van der Waals surface area contributed by atoms with E-state index < -0.39 is 0 Å². The fourth-order valence-corrected chi connectivity index (χ4v) is 1.88. The number of nitrogens with two attached hydrogens (primary N) is 1. The lowest BCUT2D eigenvalue weighted by Gasteiger charge is -2.20. The van der Waals surface area contributed by atoms with E-state index >= 15 is 0 Å². The molecule has 90 valence electrons. The highest BCUT2D eigenvalue weighted by Gasteiger charge is 2.12. The maximum absolute atomic E-state index is 8.76. The summed E-state index contributed by atoms with van der Waals surface area (Å²) in [4.78, 5) is 0. The van der Waals surface area contributed by atoms with Gasteiger partial charge in [0.15, 0.2) is 0 Å². The van der Waals surface area contributed by atoms with Crippen LogP contribution in [0.1, 0.15) is 24.8 Å². The third-order valence-corrected chi connectivity index (χ3v) is 2.84. The highest BCUT2D eigenvalue weighted by molar-refractivity contribution is 5.18. The standard InChI is InChI=1S/C13H22N2O/c1-11(12-5-3-2-4-6-12)9-13(10-14)15-7-8-16/h2-6,11,13,15-16H,7-10,14H2,1H3. The van der Waals surface area contributed by atoms with Crippen molar-refractivity contribution in [2.75, 3.05) is 19.7 Å². The van der Waals surface area contributed by atoms with Crippen LogP contribution in [0.25, 0.3) is 0 Å².